The van der Waals surface area contributed by atoms with E-state index in [0.29, 0.717) is 6.61 Å². The summed E-state index contributed by atoms with van der Waals surface area (Å²) in [6.45, 7) is 4.14. The van der Waals surface area contributed by atoms with E-state index >= 15 is 0 Å². The summed E-state index contributed by atoms with van der Waals surface area (Å²) in [5.74, 6) is -0.175. The van der Waals surface area contributed by atoms with Gasteiger partial charge in [0.15, 0.2) is 0 Å². The minimum absolute atomic E-state index is 0. The fourth-order valence-corrected chi connectivity index (χ4v) is 0.568. The number of ether oxygens (including phenoxy) is 1. The topological polar surface area (TPSA) is 26.3 Å². The van der Waals surface area contributed by atoms with Crippen LogP contribution in [0.1, 0.15) is 33.1 Å². The zero-order valence-electron chi connectivity index (χ0n) is 6.85. The third-order valence-electron chi connectivity index (χ3n) is 1.05. The van der Waals surface area contributed by atoms with Crippen LogP contribution < -0.4 is 0 Å². The first kappa shape index (κ1) is 13.0. The maximum Gasteiger partial charge on any atom is 0.302 e. The molecular formula is C7H14HgO2. The summed E-state index contributed by atoms with van der Waals surface area (Å²) in [6.07, 6.45) is 3.31. The standard InChI is InChI=1S/C7H14O2.Hg/c1-3-4-5-6-9-7(2)8;/h3-6H2,1-2H3;. The summed E-state index contributed by atoms with van der Waals surface area (Å²) >= 11 is 0. The Morgan fingerprint density at radius 3 is 2.40 bits per heavy atom. The number of carbonyl (C=O) groups is 1. The van der Waals surface area contributed by atoms with Gasteiger partial charge in [-0.1, -0.05) is 19.8 Å². The van der Waals surface area contributed by atoms with Crippen molar-refractivity contribution in [3.63, 3.8) is 0 Å². The molecule has 56 valence electrons. The third kappa shape index (κ3) is 11.2. The van der Waals surface area contributed by atoms with Crippen molar-refractivity contribution in [2.75, 3.05) is 6.61 Å². The van der Waals surface area contributed by atoms with Crippen LogP contribution in [-0.2, 0) is 37.2 Å². The van der Waals surface area contributed by atoms with E-state index in [2.05, 4.69) is 6.92 Å². The van der Waals surface area contributed by atoms with Gasteiger partial charge in [0.05, 0.1) is 6.61 Å². The van der Waals surface area contributed by atoms with E-state index in [0.717, 1.165) is 12.8 Å². The first-order valence-corrected chi connectivity index (χ1v) is 3.40. The largest absolute Gasteiger partial charge is 0.466 e. The molecule has 0 saturated heterocycles. The SMILES string of the molecule is CCCCCOC(C)=O.[Hg]. The third-order valence-corrected chi connectivity index (χ3v) is 1.05. The summed E-state index contributed by atoms with van der Waals surface area (Å²) in [5.41, 5.74) is 0. The first-order chi connectivity index (χ1) is 4.27. The molecule has 0 aliphatic heterocycles. The smallest absolute Gasteiger partial charge is 0.302 e. The van der Waals surface area contributed by atoms with Crippen LogP contribution in [0.25, 0.3) is 0 Å². The number of unbranched alkanes of at least 4 members (excludes halogenated alkanes) is 2. The molecule has 0 spiro atoms. The van der Waals surface area contributed by atoms with Crippen LogP contribution in [0.2, 0.25) is 0 Å². The van der Waals surface area contributed by atoms with Gasteiger partial charge < -0.3 is 4.74 Å². The Morgan fingerprint density at radius 1 is 1.40 bits per heavy atom. The van der Waals surface area contributed by atoms with Crippen LogP contribution in [0.15, 0.2) is 0 Å². The Labute approximate surface area is 82.8 Å². The van der Waals surface area contributed by atoms with E-state index in [1.807, 2.05) is 0 Å². The van der Waals surface area contributed by atoms with Crippen molar-refractivity contribution in [2.24, 2.45) is 0 Å². The second kappa shape index (κ2) is 9.41. The predicted octanol–water partition coefficient (Wildman–Crippen LogP) is 1.74. The minimum atomic E-state index is -0.175. The Hall–Kier alpha value is 0.405. The number of carbonyl (C=O) groups excluding carboxylic acids is 1. The molecule has 0 unspecified atom stereocenters. The van der Waals surface area contributed by atoms with Crippen LogP contribution in [-0.4, -0.2) is 12.6 Å². The van der Waals surface area contributed by atoms with Gasteiger partial charge in [0.1, 0.15) is 0 Å². The van der Waals surface area contributed by atoms with Gasteiger partial charge >= 0.3 is 5.97 Å². The van der Waals surface area contributed by atoms with Crippen LogP contribution in [0.3, 0.4) is 0 Å². The van der Waals surface area contributed by atoms with Gasteiger partial charge in [-0.3, -0.25) is 4.79 Å². The maximum atomic E-state index is 10.2. The zero-order chi connectivity index (χ0) is 7.11. The molecule has 0 atom stereocenters. The zero-order valence-corrected chi connectivity index (χ0v) is 12.3. The van der Waals surface area contributed by atoms with Gasteiger partial charge in [-0.05, 0) is 6.42 Å². The molecule has 3 heteroatoms. The second-order valence-corrected chi connectivity index (χ2v) is 2.05. The fourth-order valence-electron chi connectivity index (χ4n) is 0.568. The molecule has 0 fully saturated rings. The first-order valence-electron chi connectivity index (χ1n) is 3.40. The number of esters is 1. The number of hydrogen-bond acceptors (Lipinski definition) is 2. The summed E-state index contributed by atoms with van der Waals surface area (Å²) < 4.78 is 4.70. The van der Waals surface area contributed by atoms with Gasteiger partial charge in [0.25, 0.3) is 0 Å². The van der Waals surface area contributed by atoms with Gasteiger partial charge in [-0.2, -0.15) is 0 Å². The van der Waals surface area contributed by atoms with E-state index < -0.39 is 0 Å². The average molecular weight is 331 g/mol. The Bertz CT molecular complexity index is 83.7. The fraction of sp³-hybridized carbons (Fsp3) is 0.857. The van der Waals surface area contributed by atoms with Crippen molar-refractivity contribution in [1.82, 2.24) is 0 Å². The summed E-state index contributed by atoms with van der Waals surface area (Å²) in [5, 5.41) is 0. The van der Waals surface area contributed by atoms with Crippen molar-refractivity contribution in [3.05, 3.63) is 0 Å². The van der Waals surface area contributed by atoms with Crippen molar-refractivity contribution in [3.8, 4) is 0 Å². The molecule has 0 rings (SSSR count). The minimum Gasteiger partial charge on any atom is -0.466 e. The van der Waals surface area contributed by atoms with Gasteiger partial charge in [-0.15, -0.1) is 0 Å². The molecule has 10 heavy (non-hydrogen) atoms. The molecular weight excluding hydrogens is 317 g/mol. The van der Waals surface area contributed by atoms with Crippen LogP contribution in [0, 0.1) is 0 Å². The molecule has 0 aliphatic carbocycles. The van der Waals surface area contributed by atoms with Crippen LogP contribution in [0.5, 0.6) is 0 Å². The Balaban J connectivity index is 0. The number of hydrogen-bond donors (Lipinski definition) is 0. The molecule has 0 N–H and O–H groups in total. The molecule has 0 radical (unpaired) electrons. The van der Waals surface area contributed by atoms with Crippen LogP contribution >= 0.6 is 0 Å². The average Bonchev–Trinajstić information content (AvgIpc) is 1.80. The quantitative estimate of drug-likeness (QED) is 0.446. The van der Waals surface area contributed by atoms with E-state index in [1.54, 1.807) is 0 Å². The molecule has 2 nitrogen and oxygen atoms in total. The molecule has 0 bridgehead atoms. The number of rotatable bonds is 4. The van der Waals surface area contributed by atoms with Crippen molar-refractivity contribution in [1.29, 1.82) is 0 Å². The molecule has 0 aliphatic rings. The van der Waals surface area contributed by atoms with Gasteiger partial charge in [0.2, 0.25) is 0 Å². The monoisotopic (exact) mass is 332 g/mol. The second-order valence-electron chi connectivity index (χ2n) is 2.05. The molecule has 0 aromatic rings. The van der Waals surface area contributed by atoms with E-state index in [4.69, 9.17) is 4.74 Å². The maximum absolute atomic E-state index is 10.2. The molecule has 0 aromatic heterocycles. The molecule has 0 amide bonds. The van der Waals surface area contributed by atoms with Gasteiger partial charge in [-0.25, -0.2) is 0 Å². The molecule has 0 heterocycles. The van der Waals surface area contributed by atoms with E-state index in [1.165, 1.54) is 13.3 Å². The van der Waals surface area contributed by atoms with Crippen LogP contribution in [0.4, 0.5) is 0 Å². The van der Waals surface area contributed by atoms with Crippen molar-refractivity contribution < 1.29 is 37.2 Å². The van der Waals surface area contributed by atoms with E-state index in [9.17, 15) is 4.79 Å². The summed E-state index contributed by atoms with van der Waals surface area (Å²) in [6, 6.07) is 0. The van der Waals surface area contributed by atoms with Gasteiger partial charge in [0, 0.05) is 34.6 Å². The Morgan fingerprint density at radius 2 is 2.00 bits per heavy atom. The summed E-state index contributed by atoms with van der Waals surface area (Å²) in [7, 11) is 0. The summed E-state index contributed by atoms with van der Waals surface area (Å²) in [4.78, 5) is 10.2. The van der Waals surface area contributed by atoms with Crippen molar-refractivity contribution in [2.45, 2.75) is 33.1 Å². The molecule has 0 aromatic carbocycles. The predicted molar refractivity (Wildman–Crippen MR) is 36.2 cm³/mol. The Kier molecular flexibility index (Phi) is 12.3. The molecule has 0 saturated carbocycles. The van der Waals surface area contributed by atoms with Crippen molar-refractivity contribution >= 4 is 5.97 Å². The normalized spacial score (nSPS) is 8.20. The van der Waals surface area contributed by atoms with E-state index in [-0.39, 0.29) is 33.6 Å².